The van der Waals surface area contributed by atoms with Crippen molar-refractivity contribution < 1.29 is 72.0 Å². The predicted molar refractivity (Wildman–Crippen MR) is 109 cm³/mol. The van der Waals surface area contributed by atoms with E-state index in [1.807, 2.05) is 13.8 Å². The third kappa shape index (κ3) is 5.32. The van der Waals surface area contributed by atoms with Crippen molar-refractivity contribution in [2.45, 2.75) is 81.9 Å². The molecule has 0 aromatic rings. The Morgan fingerprint density at radius 1 is 1.29 bits per heavy atom. The second-order valence-electron chi connectivity index (χ2n) is 10.3. The molecule has 186 valence electrons. The molecular formula is C23H32F2NNaO7. The van der Waals surface area contributed by atoms with Crippen LogP contribution in [0.15, 0.2) is 11.6 Å². The zero-order chi connectivity index (χ0) is 24.2. The average molecular weight is 495 g/mol. The van der Waals surface area contributed by atoms with E-state index in [2.05, 4.69) is 13.0 Å². The van der Waals surface area contributed by atoms with Gasteiger partial charge in [-0.05, 0) is 40.0 Å². The molecule has 34 heavy (non-hydrogen) atoms. The molecular weight excluding hydrogens is 463 g/mol. The first-order valence-electron chi connectivity index (χ1n) is 11.4. The summed E-state index contributed by atoms with van der Waals surface area (Å²) >= 11 is 0. The van der Waals surface area contributed by atoms with Crippen LogP contribution in [0.3, 0.4) is 0 Å². The first-order chi connectivity index (χ1) is 15.4. The van der Waals surface area contributed by atoms with Gasteiger partial charge in [0.2, 0.25) is 0 Å². The summed E-state index contributed by atoms with van der Waals surface area (Å²) in [4.78, 5) is 24.5. The SMILES string of the molecule is CO[C@@H]1[C@H](OC(=O)N2CC(CC(F)(F)C(=O)[O-])C2)CC[C@]2(CO2)[C@H]1[C@@]1(C)O[C@@H]1CC=C(C)C.[Na+]. The molecule has 0 N–H and O–H groups in total. The number of aliphatic carboxylic acids is 1. The van der Waals surface area contributed by atoms with Crippen LogP contribution in [-0.4, -0.2) is 79.2 Å². The number of nitrogens with zero attached hydrogens (tertiary/aromatic N) is 1. The minimum absolute atomic E-state index is 0. The van der Waals surface area contributed by atoms with Crippen LogP contribution >= 0.6 is 0 Å². The van der Waals surface area contributed by atoms with Crippen LogP contribution < -0.4 is 34.7 Å². The Hall–Kier alpha value is -0.780. The third-order valence-electron chi connectivity index (χ3n) is 7.55. The number of likely N-dealkylation sites (tertiary alicyclic amines) is 1. The molecule has 0 aromatic heterocycles. The number of hydrogen-bond donors (Lipinski definition) is 0. The molecule has 3 aliphatic heterocycles. The fraction of sp³-hybridized carbons (Fsp3) is 0.826. The van der Waals surface area contributed by atoms with Gasteiger partial charge in [0.1, 0.15) is 29.4 Å². The van der Waals surface area contributed by atoms with Gasteiger partial charge in [-0.2, -0.15) is 8.78 Å². The number of allylic oxidation sites excluding steroid dienone is 1. The molecule has 4 fully saturated rings. The van der Waals surface area contributed by atoms with Gasteiger partial charge >= 0.3 is 35.7 Å². The maximum atomic E-state index is 13.3. The van der Waals surface area contributed by atoms with Gasteiger partial charge in [-0.25, -0.2) is 4.79 Å². The second kappa shape index (κ2) is 9.94. The minimum Gasteiger partial charge on any atom is -0.544 e. The van der Waals surface area contributed by atoms with E-state index in [4.69, 9.17) is 18.9 Å². The van der Waals surface area contributed by atoms with Gasteiger partial charge in [-0.1, -0.05) is 11.6 Å². The summed E-state index contributed by atoms with van der Waals surface area (Å²) < 4.78 is 50.3. The summed E-state index contributed by atoms with van der Waals surface area (Å²) in [6, 6.07) is 0. The van der Waals surface area contributed by atoms with E-state index in [1.165, 1.54) is 10.5 Å². The zero-order valence-electron chi connectivity index (χ0n) is 20.5. The van der Waals surface area contributed by atoms with Crippen LogP contribution in [0.5, 0.6) is 0 Å². The molecule has 1 amide bonds. The Morgan fingerprint density at radius 3 is 2.47 bits per heavy atom. The maximum absolute atomic E-state index is 13.3. The van der Waals surface area contributed by atoms with Crippen molar-refractivity contribution in [2.24, 2.45) is 11.8 Å². The molecule has 1 aliphatic carbocycles. The summed E-state index contributed by atoms with van der Waals surface area (Å²) in [7, 11) is 1.58. The van der Waals surface area contributed by atoms with E-state index in [1.54, 1.807) is 7.11 Å². The van der Waals surface area contributed by atoms with Crippen LogP contribution in [0.1, 0.15) is 46.5 Å². The van der Waals surface area contributed by atoms with Gasteiger partial charge in [0.15, 0.2) is 0 Å². The van der Waals surface area contributed by atoms with Crippen molar-refractivity contribution in [3.8, 4) is 0 Å². The number of ether oxygens (including phenoxy) is 4. The number of epoxide rings is 2. The first-order valence-corrected chi connectivity index (χ1v) is 11.4. The number of rotatable bonds is 8. The molecule has 0 radical (unpaired) electrons. The standard InChI is InChI=1S/C23H33F2NO7.Na/c1-13(2)5-6-16-21(3,33-16)18-17(30-4)15(7-8-22(18)12-31-22)32-20(29)26-10-14(11-26)9-23(24,25)19(27)28;/h5,14-18H,6-12H2,1-4H3,(H,27,28);/q;+1/p-1/t15-,16-,17-,18-,21+,22+;/m1./s1. The Kier molecular flexibility index (Phi) is 8.12. The molecule has 3 heterocycles. The fourth-order valence-corrected chi connectivity index (χ4v) is 5.57. The van der Waals surface area contributed by atoms with E-state index in [0.29, 0.717) is 19.4 Å². The number of methoxy groups -OCH3 is 1. The monoisotopic (exact) mass is 495 g/mol. The summed E-state index contributed by atoms with van der Waals surface area (Å²) in [5.74, 6) is -7.02. The van der Waals surface area contributed by atoms with Crippen molar-refractivity contribution in [3.63, 3.8) is 0 Å². The molecule has 0 unspecified atom stereocenters. The fourth-order valence-electron chi connectivity index (χ4n) is 5.57. The number of hydrogen-bond acceptors (Lipinski definition) is 7. The number of carbonyl (C=O) groups excluding carboxylic acids is 2. The van der Waals surface area contributed by atoms with E-state index in [0.717, 1.165) is 6.42 Å². The number of carboxylic acid groups (broad SMARTS) is 1. The van der Waals surface area contributed by atoms with Crippen LogP contribution in [-0.2, 0) is 23.7 Å². The Bertz CT molecular complexity index is 826. The van der Waals surface area contributed by atoms with E-state index >= 15 is 0 Å². The molecule has 4 rings (SSSR count). The van der Waals surface area contributed by atoms with Crippen molar-refractivity contribution in [2.75, 3.05) is 26.8 Å². The number of amides is 1. The molecule has 1 spiro atoms. The minimum atomic E-state index is -3.90. The van der Waals surface area contributed by atoms with Gasteiger partial charge in [-0.15, -0.1) is 0 Å². The molecule has 4 aliphatic rings. The Morgan fingerprint density at radius 2 is 1.94 bits per heavy atom. The largest absolute Gasteiger partial charge is 1.00 e. The van der Waals surface area contributed by atoms with Crippen LogP contribution in [0.2, 0.25) is 0 Å². The molecule has 3 saturated heterocycles. The van der Waals surface area contributed by atoms with Crippen LogP contribution in [0, 0.1) is 11.8 Å². The van der Waals surface area contributed by atoms with Gasteiger partial charge in [0.25, 0.3) is 5.92 Å². The normalized spacial score (nSPS) is 36.8. The van der Waals surface area contributed by atoms with Gasteiger partial charge in [-0.3, -0.25) is 0 Å². The number of alkyl halides is 2. The molecule has 6 atom stereocenters. The van der Waals surface area contributed by atoms with Crippen molar-refractivity contribution in [3.05, 3.63) is 11.6 Å². The molecule has 8 nitrogen and oxygen atoms in total. The van der Waals surface area contributed by atoms with Crippen LogP contribution in [0.4, 0.5) is 13.6 Å². The second-order valence-corrected chi connectivity index (χ2v) is 10.3. The molecule has 0 bridgehead atoms. The summed E-state index contributed by atoms with van der Waals surface area (Å²) in [6.07, 6.45) is 1.84. The van der Waals surface area contributed by atoms with Gasteiger partial charge in [0, 0.05) is 32.5 Å². The molecule has 1 saturated carbocycles. The van der Waals surface area contributed by atoms with E-state index in [9.17, 15) is 23.5 Å². The summed E-state index contributed by atoms with van der Waals surface area (Å²) in [6.45, 7) is 6.80. The predicted octanol–water partition coefficient (Wildman–Crippen LogP) is -1.09. The van der Waals surface area contributed by atoms with Crippen molar-refractivity contribution in [1.29, 1.82) is 0 Å². The number of halogens is 2. The first kappa shape index (κ1) is 27.8. The summed E-state index contributed by atoms with van der Waals surface area (Å²) in [5.41, 5.74) is 0.428. The third-order valence-corrected chi connectivity index (χ3v) is 7.55. The van der Waals surface area contributed by atoms with Crippen molar-refractivity contribution >= 4 is 12.1 Å². The zero-order valence-corrected chi connectivity index (χ0v) is 22.5. The Balaban J connectivity index is 0.00000324. The van der Waals surface area contributed by atoms with E-state index in [-0.39, 0.29) is 60.3 Å². The van der Waals surface area contributed by atoms with Crippen LogP contribution in [0.25, 0.3) is 0 Å². The molecule has 0 aromatic carbocycles. The Labute approximate surface area is 220 Å². The quantitative estimate of drug-likeness (QED) is 0.240. The topological polar surface area (TPSA) is 104 Å². The summed E-state index contributed by atoms with van der Waals surface area (Å²) in [5, 5.41) is 10.5. The van der Waals surface area contributed by atoms with Crippen molar-refractivity contribution in [1.82, 2.24) is 4.90 Å². The smallest absolute Gasteiger partial charge is 0.544 e. The van der Waals surface area contributed by atoms with Gasteiger partial charge < -0.3 is 33.7 Å². The maximum Gasteiger partial charge on any atom is 1.00 e. The molecule has 11 heteroatoms. The van der Waals surface area contributed by atoms with E-state index < -0.39 is 48.1 Å². The average Bonchev–Trinajstić information content (AvgIpc) is 3.61. The van der Waals surface area contributed by atoms with Gasteiger partial charge in [0.05, 0.1) is 18.6 Å². The number of carbonyl (C=O) groups is 2. The number of carboxylic acids is 1.